The van der Waals surface area contributed by atoms with Crippen molar-refractivity contribution in [2.24, 2.45) is 0 Å². The molecule has 3 aromatic rings. The number of nitrogens with zero attached hydrogens (tertiary/aromatic N) is 1. The SMILES string of the molecule is Cc1cc(C2CCCNC2)oc(=O)c1C(=O)NCCc1nc2ccccc2s1. The molecule has 1 amide bonds. The molecule has 4 rings (SSSR count). The summed E-state index contributed by atoms with van der Waals surface area (Å²) >= 11 is 1.62. The van der Waals surface area contributed by atoms with Crippen molar-refractivity contribution in [1.82, 2.24) is 15.6 Å². The first-order valence-corrected chi connectivity index (χ1v) is 10.4. The van der Waals surface area contributed by atoms with Gasteiger partial charge in [-0.3, -0.25) is 4.79 Å². The van der Waals surface area contributed by atoms with Crippen LogP contribution in [0.5, 0.6) is 0 Å². The number of thiazole rings is 1. The Morgan fingerprint density at radius 3 is 3.00 bits per heavy atom. The Balaban J connectivity index is 1.41. The lowest BCUT2D eigenvalue weighted by Crippen LogP contribution is -2.32. The third-order valence-electron chi connectivity index (χ3n) is 5.06. The van der Waals surface area contributed by atoms with Crippen LogP contribution in [0.3, 0.4) is 0 Å². The number of para-hydroxylation sites is 1. The highest BCUT2D eigenvalue weighted by atomic mass is 32.1. The summed E-state index contributed by atoms with van der Waals surface area (Å²) in [6.45, 7) is 4.01. The molecule has 7 heteroatoms. The Morgan fingerprint density at radius 2 is 2.25 bits per heavy atom. The molecular weight excluding hydrogens is 374 g/mol. The van der Waals surface area contributed by atoms with E-state index < -0.39 is 5.63 Å². The van der Waals surface area contributed by atoms with Crippen LogP contribution in [0.2, 0.25) is 0 Å². The van der Waals surface area contributed by atoms with E-state index >= 15 is 0 Å². The smallest absolute Gasteiger partial charge is 0.349 e. The predicted molar refractivity (Wildman–Crippen MR) is 110 cm³/mol. The van der Waals surface area contributed by atoms with E-state index in [2.05, 4.69) is 15.6 Å². The second kappa shape index (κ2) is 8.24. The first kappa shape index (κ1) is 18.8. The zero-order chi connectivity index (χ0) is 19.5. The summed E-state index contributed by atoms with van der Waals surface area (Å²) in [4.78, 5) is 29.5. The number of fused-ring (bicyclic) bond motifs is 1. The average Bonchev–Trinajstić information content (AvgIpc) is 3.11. The molecule has 28 heavy (non-hydrogen) atoms. The molecule has 2 aromatic heterocycles. The van der Waals surface area contributed by atoms with E-state index in [1.807, 2.05) is 30.3 Å². The summed E-state index contributed by atoms with van der Waals surface area (Å²) < 4.78 is 6.62. The maximum Gasteiger partial charge on any atom is 0.349 e. The molecule has 1 saturated heterocycles. The third kappa shape index (κ3) is 4.00. The monoisotopic (exact) mass is 397 g/mol. The van der Waals surface area contributed by atoms with Crippen LogP contribution in [0.25, 0.3) is 10.2 Å². The van der Waals surface area contributed by atoms with Gasteiger partial charge in [-0.15, -0.1) is 11.3 Å². The van der Waals surface area contributed by atoms with Crippen molar-refractivity contribution in [1.29, 1.82) is 0 Å². The van der Waals surface area contributed by atoms with Crippen molar-refractivity contribution < 1.29 is 9.21 Å². The molecule has 0 bridgehead atoms. The summed E-state index contributed by atoms with van der Waals surface area (Å²) in [5.41, 5.74) is 1.17. The summed E-state index contributed by atoms with van der Waals surface area (Å²) in [6.07, 6.45) is 2.67. The number of carbonyl (C=O) groups excluding carboxylic acids is 1. The summed E-state index contributed by atoms with van der Waals surface area (Å²) in [6, 6.07) is 9.80. The molecule has 0 spiro atoms. The van der Waals surface area contributed by atoms with Crippen molar-refractivity contribution in [2.75, 3.05) is 19.6 Å². The zero-order valence-corrected chi connectivity index (χ0v) is 16.6. The van der Waals surface area contributed by atoms with E-state index in [9.17, 15) is 9.59 Å². The van der Waals surface area contributed by atoms with Crippen LogP contribution in [0.15, 0.2) is 39.5 Å². The molecule has 0 radical (unpaired) electrons. The van der Waals surface area contributed by atoms with Crippen molar-refractivity contribution in [3.8, 4) is 0 Å². The number of hydrogen-bond donors (Lipinski definition) is 2. The lowest BCUT2D eigenvalue weighted by atomic mass is 9.95. The zero-order valence-electron chi connectivity index (χ0n) is 15.8. The lowest BCUT2D eigenvalue weighted by Gasteiger charge is -2.22. The van der Waals surface area contributed by atoms with Crippen molar-refractivity contribution in [3.05, 3.63) is 62.6 Å². The molecule has 3 heterocycles. The van der Waals surface area contributed by atoms with Crippen LogP contribution in [0.4, 0.5) is 0 Å². The number of nitrogens with one attached hydrogen (secondary N) is 2. The van der Waals surface area contributed by atoms with Gasteiger partial charge in [-0.2, -0.15) is 0 Å². The molecule has 0 aliphatic carbocycles. The molecule has 1 aliphatic rings. The number of aromatic nitrogens is 1. The van der Waals surface area contributed by atoms with Crippen molar-refractivity contribution >= 4 is 27.5 Å². The first-order valence-electron chi connectivity index (χ1n) is 9.60. The van der Waals surface area contributed by atoms with E-state index in [1.54, 1.807) is 18.3 Å². The summed E-state index contributed by atoms with van der Waals surface area (Å²) in [7, 11) is 0. The number of piperidine rings is 1. The lowest BCUT2D eigenvalue weighted by molar-refractivity contribution is 0.0949. The van der Waals surface area contributed by atoms with Gasteiger partial charge in [-0.05, 0) is 50.1 Å². The second-order valence-electron chi connectivity index (χ2n) is 7.12. The van der Waals surface area contributed by atoms with Gasteiger partial charge < -0.3 is 15.1 Å². The van der Waals surface area contributed by atoms with Gasteiger partial charge in [0, 0.05) is 25.4 Å². The first-order chi connectivity index (χ1) is 13.6. The van der Waals surface area contributed by atoms with Crippen LogP contribution in [-0.4, -0.2) is 30.5 Å². The van der Waals surface area contributed by atoms with Crippen molar-refractivity contribution in [2.45, 2.75) is 32.1 Å². The quantitative estimate of drug-likeness (QED) is 0.691. The predicted octanol–water partition coefficient (Wildman–Crippen LogP) is 3.00. The van der Waals surface area contributed by atoms with Crippen LogP contribution in [0, 0.1) is 6.92 Å². The topological polar surface area (TPSA) is 84.2 Å². The molecule has 1 atom stereocenters. The summed E-state index contributed by atoms with van der Waals surface area (Å²) in [5.74, 6) is 0.470. The molecule has 1 aromatic carbocycles. The van der Waals surface area contributed by atoms with Gasteiger partial charge in [0.1, 0.15) is 11.3 Å². The fourth-order valence-electron chi connectivity index (χ4n) is 3.60. The van der Waals surface area contributed by atoms with E-state index in [0.717, 1.165) is 41.2 Å². The van der Waals surface area contributed by atoms with Crippen molar-refractivity contribution in [3.63, 3.8) is 0 Å². The molecule has 1 aliphatic heterocycles. The van der Waals surface area contributed by atoms with Gasteiger partial charge in [0.25, 0.3) is 5.91 Å². The van der Waals surface area contributed by atoms with Gasteiger partial charge in [-0.1, -0.05) is 12.1 Å². The molecule has 2 N–H and O–H groups in total. The number of benzene rings is 1. The Morgan fingerprint density at radius 1 is 1.39 bits per heavy atom. The molecule has 6 nitrogen and oxygen atoms in total. The number of rotatable bonds is 5. The minimum atomic E-state index is -0.557. The van der Waals surface area contributed by atoms with Crippen LogP contribution in [-0.2, 0) is 6.42 Å². The highest BCUT2D eigenvalue weighted by Gasteiger charge is 2.22. The minimum absolute atomic E-state index is 0.0943. The number of amides is 1. The van der Waals surface area contributed by atoms with E-state index in [4.69, 9.17) is 4.42 Å². The van der Waals surface area contributed by atoms with E-state index in [0.29, 0.717) is 24.3 Å². The Hall–Kier alpha value is -2.51. The summed E-state index contributed by atoms with van der Waals surface area (Å²) in [5, 5.41) is 7.11. The largest absolute Gasteiger partial charge is 0.427 e. The molecule has 1 unspecified atom stereocenters. The van der Waals surface area contributed by atoms with Gasteiger partial charge in [-0.25, -0.2) is 9.78 Å². The van der Waals surface area contributed by atoms with Gasteiger partial charge >= 0.3 is 5.63 Å². The standard InChI is InChI=1S/C21H23N3O3S/c1-13-11-16(14-5-4-9-22-12-14)27-21(26)19(13)20(25)23-10-8-18-24-15-6-2-3-7-17(15)28-18/h2-3,6-7,11,14,22H,4-5,8-10,12H2,1H3,(H,23,25). The number of carbonyl (C=O) groups is 1. The highest BCUT2D eigenvalue weighted by Crippen LogP contribution is 2.24. The van der Waals surface area contributed by atoms with Gasteiger partial charge in [0.2, 0.25) is 0 Å². The molecule has 1 fully saturated rings. The Bertz CT molecular complexity index is 1020. The molecule has 146 valence electrons. The highest BCUT2D eigenvalue weighted by molar-refractivity contribution is 7.18. The Kier molecular flexibility index (Phi) is 5.54. The maximum absolute atomic E-state index is 12.5. The fraction of sp³-hybridized carbons (Fsp3) is 0.381. The van der Waals surface area contributed by atoms with Crippen LogP contribution < -0.4 is 16.3 Å². The second-order valence-corrected chi connectivity index (χ2v) is 8.23. The van der Waals surface area contributed by atoms with Gasteiger partial charge in [0.05, 0.1) is 15.2 Å². The van der Waals surface area contributed by atoms with E-state index in [1.165, 1.54) is 0 Å². The average molecular weight is 398 g/mol. The molecular formula is C21H23N3O3S. The van der Waals surface area contributed by atoms with Crippen LogP contribution in [0.1, 0.15) is 45.4 Å². The molecule has 0 saturated carbocycles. The number of aryl methyl sites for hydroxylation is 1. The third-order valence-corrected chi connectivity index (χ3v) is 6.15. The minimum Gasteiger partial charge on any atom is -0.427 e. The fourth-order valence-corrected chi connectivity index (χ4v) is 4.57. The Labute approximate surface area is 167 Å². The normalized spacial score (nSPS) is 17.0. The van der Waals surface area contributed by atoms with E-state index in [-0.39, 0.29) is 17.4 Å². The van der Waals surface area contributed by atoms with Crippen LogP contribution >= 0.6 is 11.3 Å². The van der Waals surface area contributed by atoms with Gasteiger partial charge in [0.15, 0.2) is 0 Å². The number of hydrogen-bond acceptors (Lipinski definition) is 6. The maximum atomic E-state index is 12.5.